The molecule has 4 aromatic rings. The van der Waals surface area contributed by atoms with Gasteiger partial charge in [0.15, 0.2) is 0 Å². The van der Waals surface area contributed by atoms with Crippen LogP contribution in [-0.4, -0.2) is 66.8 Å². The molecule has 5 heterocycles. The van der Waals surface area contributed by atoms with Crippen molar-refractivity contribution in [3.8, 4) is 17.1 Å². The molecule has 1 saturated carbocycles. The zero-order valence-electron chi connectivity index (χ0n) is 21.3. The number of aromatic nitrogens is 4. The number of carbonyl (C=O) groups excluding carboxylic acids is 1. The van der Waals surface area contributed by atoms with Gasteiger partial charge in [0.1, 0.15) is 5.69 Å². The summed E-state index contributed by atoms with van der Waals surface area (Å²) in [4.78, 5) is 31.1. The van der Waals surface area contributed by atoms with Crippen molar-refractivity contribution >= 4 is 11.7 Å². The number of hydrogen-bond donors (Lipinski definition) is 0. The molecule has 3 aromatic heterocycles. The fraction of sp³-hybridized carbons (Fsp3) is 0.379. The Morgan fingerprint density at radius 2 is 1.74 bits per heavy atom. The minimum atomic E-state index is -2.99. The van der Waals surface area contributed by atoms with Gasteiger partial charge < -0.3 is 9.64 Å². The first-order valence-electron chi connectivity index (χ1n) is 13.4. The van der Waals surface area contributed by atoms with E-state index < -0.39 is 6.61 Å². The zero-order chi connectivity index (χ0) is 26.5. The summed E-state index contributed by atoms with van der Waals surface area (Å²) in [7, 11) is 0. The second-order valence-electron chi connectivity index (χ2n) is 10.6. The van der Waals surface area contributed by atoms with Crippen LogP contribution in [0.15, 0.2) is 60.9 Å². The van der Waals surface area contributed by atoms with Crippen LogP contribution in [0.1, 0.15) is 53.3 Å². The molecule has 2 saturated heterocycles. The number of hydrogen-bond acceptors (Lipinski definition) is 6. The monoisotopic (exact) mass is 530 g/mol. The zero-order valence-corrected chi connectivity index (χ0v) is 21.3. The molecule has 2 atom stereocenters. The molecule has 2 bridgehead atoms. The van der Waals surface area contributed by atoms with Gasteiger partial charge in [-0.15, -0.1) is 0 Å². The number of likely N-dealkylation sites (tertiary alicyclic amines) is 1. The lowest BCUT2D eigenvalue weighted by Gasteiger charge is -2.41. The van der Waals surface area contributed by atoms with Crippen molar-refractivity contribution in [2.75, 3.05) is 13.1 Å². The van der Waals surface area contributed by atoms with Crippen molar-refractivity contribution in [1.82, 2.24) is 29.2 Å². The topological polar surface area (TPSA) is 75.9 Å². The van der Waals surface area contributed by atoms with Crippen molar-refractivity contribution in [2.45, 2.75) is 56.8 Å². The van der Waals surface area contributed by atoms with Crippen molar-refractivity contribution in [2.24, 2.45) is 0 Å². The standard InChI is InChI=1S/C29H28F2N6O2/c30-28(31)39-25-4-1-3-23(33-25)27(38)37-21-11-12-22(37)16-35(15-21)17-24-26(34-29-32-13-2-14-36(24)29)20-9-7-19(8-10-20)18-5-6-18/h1-4,7-10,13-14,18,21-22,28H,5-6,11-12,15-17H2. The van der Waals surface area contributed by atoms with Crippen LogP contribution in [0.3, 0.4) is 0 Å². The van der Waals surface area contributed by atoms with Crippen LogP contribution < -0.4 is 4.74 Å². The van der Waals surface area contributed by atoms with Crippen molar-refractivity contribution in [1.29, 1.82) is 0 Å². The molecule has 3 aliphatic rings. The predicted molar refractivity (Wildman–Crippen MR) is 140 cm³/mol. The smallest absolute Gasteiger partial charge is 0.388 e. The van der Waals surface area contributed by atoms with Gasteiger partial charge in [-0.3, -0.25) is 14.1 Å². The van der Waals surface area contributed by atoms with Crippen LogP contribution in [0.5, 0.6) is 5.88 Å². The molecule has 0 radical (unpaired) electrons. The highest BCUT2D eigenvalue weighted by atomic mass is 19.3. The van der Waals surface area contributed by atoms with E-state index in [1.54, 1.807) is 12.3 Å². The third-order valence-corrected chi connectivity index (χ3v) is 8.05. The maximum Gasteiger partial charge on any atom is 0.388 e. The molecular weight excluding hydrogens is 502 g/mol. The Kier molecular flexibility index (Phi) is 5.99. The largest absolute Gasteiger partial charge is 0.417 e. The Bertz CT molecular complexity index is 1510. The number of rotatable bonds is 7. The molecule has 3 fully saturated rings. The van der Waals surface area contributed by atoms with Crippen molar-refractivity contribution < 1.29 is 18.3 Å². The van der Waals surface area contributed by atoms with E-state index in [4.69, 9.17) is 4.98 Å². The Labute approximate surface area is 224 Å². The average molecular weight is 531 g/mol. The molecule has 8 nitrogen and oxygen atoms in total. The highest BCUT2D eigenvalue weighted by molar-refractivity contribution is 5.93. The van der Waals surface area contributed by atoms with E-state index >= 15 is 0 Å². The number of amides is 1. The van der Waals surface area contributed by atoms with Gasteiger partial charge in [-0.1, -0.05) is 30.3 Å². The third kappa shape index (κ3) is 4.63. The first kappa shape index (κ1) is 24.1. The number of fused-ring (bicyclic) bond motifs is 3. The molecule has 0 N–H and O–H groups in total. The minimum Gasteiger partial charge on any atom is -0.417 e. The SMILES string of the molecule is O=C(c1cccc(OC(F)F)n1)N1C2CCC1CN(Cc1c(-c3ccc(C4CC4)cc3)nc3ncccn13)C2. The lowest BCUT2D eigenvalue weighted by atomic mass is 10.0. The number of pyridine rings is 1. The van der Waals surface area contributed by atoms with E-state index in [9.17, 15) is 13.6 Å². The summed E-state index contributed by atoms with van der Waals surface area (Å²) in [6.45, 7) is -0.887. The number of imidazole rings is 1. The van der Waals surface area contributed by atoms with Gasteiger partial charge in [-0.2, -0.15) is 8.78 Å². The van der Waals surface area contributed by atoms with E-state index in [1.807, 2.05) is 17.2 Å². The van der Waals surface area contributed by atoms with Gasteiger partial charge in [-0.05, 0) is 49.3 Å². The first-order chi connectivity index (χ1) is 19.0. The van der Waals surface area contributed by atoms with Crippen molar-refractivity contribution in [3.63, 3.8) is 0 Å². The summed E-state index contributed by atoms with van der Waals surface area (Å²) in [5, 5.41) is 0. The Morgan fingerprint density at radius 1 is 0.974 bits per heavy atom. The third-order valence-electron chi connectivity index (χ3n) is 8.05. The highest BCUT2D eigenvalue weighted by Gasteiger charge is 2.43. The Hall–Kier alpha value is -3.92. The summed E-state index contributed by atoms with van der Waals surface area (Å²) in [5.74, 6) is 0.880. The first-order valence-corrected chi connectivity index (χ1v) is 13.4. The van der Waals surface area contributed by atoms with Gasteiger partial charge in [0.05, 0.1) is 11.4 Å². The quantitative estimate of drug-likeness (QED) is 0.343. The number of carbonyl (C=O) groups is 1. The molecule has 2 unspecified atom stereocenters. The maximum absolute atomic E-state index is 13.4. The molecule has 10 heteroatoms. The summed E-state index contributed by atoms with van der Waals surface area (Å²) in [5.41, 5.74) is 4.61. The van der Waals surface area contributed by atoms with Crippen LogP contribution >= 0.6 is 0 Å². The molecule has 1 aliphatic carbocycles. The van der Waals surface area contributed by atoms with Gasteiger partial charge in [0.2, 0.25) is 11.7 Å². The summed E-state index contributed by atoms with van der Waals surface area (Å²) in [6.07, 6.45) is 8.08. The van der Waals surface area contributed by atoms with Crippen molar-refractivity contribution in [3.05, 3.63) is 77.9 Å². The molecule has 2 aliphatic heterocycles. The average Bonchev–Trinajstić information content (AvgIpc) is 3.68. The number of benzene rings is 1. The van der Waals surface area contributed by atoms with Crippen LogP contribution in [0.2, 0.25) is 0 Å². The second kappa shape index (κ2) is 9.68. The number of ether oxygens (including phenoxy) is 1. The molecule has 200 valence electrons. The normalized spacial score (nSPS) is 21.2. The van der Waals surface area contributed by atoms with Gasteiger partial charge in [-0.25, -0.2) is 15.0 Å². The maximum atomic E-state index is 13.4. The number of nitrogens with zero attached hydrogens (tertiary/aromatic N) is 6. The summed E-state index contributed by atoms with van der Waals surface area (Å²) < 4.78 is 31.8. The molecule has 1 amide bonds. The second-order valence-corrected chi connectivity index (χ2v) is 10.6. The Morgan fingerprint density at radius 3 is 2.46 bits per heavy atom. The predicted octanol–water partition coefficient (Wildman–Crippen LogP) is 4.76. The lowest BCUT2D eigenvalue weighted by Crippen LogP contribution is -2.55. The fourth-order valence-electron chi connectivity index (χ4n) is 6.13. The van der Waals surface area contributed by atoms with E-state index in [2.05, 4.69) is 48.3 Å². The van der Waals surface area contributed by atoms with Gasteiger partial charge in [0.25, 0.3) is 5.91 Å². The van der Waals surface area contributed by atoms with E-state index in [0.717, 1.165) is 29.8 Å². The Balaban J connectivity index is 1.12. The molecule has 39 heavy (non-hydrogen) atoms. The van der Waals surface area contributed by atoms with Gasteiger partial charge >= 0.3 is 6.61 Å². The van der Waals surface area contributed by atoms with Crippen LogP contribution in [0, 0.1) is 0 Å². The molecule has 0 spiro atoms. The number of halogens is 2. The lowest BCUT2D eigenvalue weighted by molar-refractivity contribution is -0.0530. The van der Waals surface area contributed by atoms with Gasteiger partial charge in [0, 0.05) is 55.7 Å². The van der Waals surface area contributed by atoms with Crippen LogP contribution in [-0.2, 0) is 6.54 Å². The van der Waals surface area contributed by atoms with E-state index in [-0.39, 0.29) is 29.6 Å². The highest BCUT2D eigenvalue weighted by Crippen LogP contribution is 2.41. The fourth-order valence-corrected chi connectivity index (χ4v) is 6.13. The summed E-state index contributed by atoms with van der Waals surface area (Å²) in [6, 6.07) is 15.1. The van der Waals surface area contributed by atoms with Crippen LogP contribution in [0.25, 0.3) is 17.0 Å². The van der Waals surface area contributed by atoms with E-state index in [1.165, 1.54) is 30.5 Å². The molecule has 1 aromatic carbocycles. The molecule has 7 rings (SSSR count). The van der Waals surface area contributed by atoms with E-state index in [0.29, 0.717) is 31.3 Å². The minimum absolute atomic E-state index is 0.0244. The molecular formula is C29H28F2N6O2. The van der Waals surface area contributed by atoms with Crippen LogP contribution in [0.4, 0.5) is 8.78 Å². The summed E-state index contributed by atoms with van der Waals surface area (Å²) >= 11 is 0. The number of alkyl halides is 2. The number of piperazine rings is 1.